The van der Waals surface area contributed by atoms with Crippen molar-refractivity contribution < 1.29 is 9.53 Å². The van der Waals surface area contributed by atoms with E-state index in [0.29, 0.717) is 19.1 Å². The van der Waals surface area contributed by atoms with Gasteiger partial charge >= 0.3 is 6.09 Å². The molecule has 2 aliphatic rings. The first kappa shape index (κ1) is 16.2. The van der Waals surface area contributed by atoms with Crippen molar-refractivity contribution >= 4 is 22.9 Å². The molecule has 1 aliphatic carbocycles. The fourth-order valence-corrected chi connectivity index (χ4v) is 3.89. The van der Waals surface area contributed by atoms with E-state index in [-0.39, 0.29) is 17.6 Å². The van der Waals surface area contributed by atoms with Crippen LogP contribution in [0.4, 0.5) is 10.6 Å². The number of fused-ring (bicyclic) bond motifs is 1. The number of anilines is 1. The maximum absolute atomic E-state index is 12.4. The monoisotopic (exact) mass is 343 g/mol. The van der Waals surface area contributed by atoms with Gasteiger partial charge < -0.3 is 19.5 Å². The third-order valence-corrected chi connectivity index (χ3v) is 5.43. The Bertz CT molecular complexity index is 783. The molecule has 2 aromatic rings. The van der Waals surface area contributed by atoms with Crippen LogP contribution in [0, 0.1) is 11.3 Å². The van der Waals surface area contributed by atoms with Crippen LogP contribution in [0.2, 0.25) is 0 Å². The van der Waals surface area contributed by atoms with Gasteiger partial charge in [-0.1, -0.05) is 13.8 Å². The molecule has 1 atom stereocenters. The first-order chi connectivity index (χ1) is 12.0. The number of rotatable bonds is 4. The van der Waals surface area contributed by atoms with E-state index in [4.69, 9.17) is 4.74 Å². The van der Waals surface area contributed by atoms with Crippen molar-refractivity contribution in [3.63, 3.8) is 0 Å². The van der Waals surface area contributed by atoms with Gasteiger partial charge in [0.05, 0.1) is 18.0 Å². The summed E-state index contributed by atoms with van der Waals surface area (Å²) in [7, 11) is 2.07. The molecule has 0 radical (unpaired) electrons. The lowest BCUT2D eigenvalue weighted by molar-refractivity contribution is 0.0978. The summed E-state index contributed by atoms with van der Waals surface area (Å²) in [5.74, 6) is 1.27. The topological polar surface area (TPSA) is 74.3 Å². The zero-order chi connectivity index (χ0) is 17.6. The number of ether oxygens (including phenoxy) is 1. The van der Waals surface area contributed by atoms with Gasteiger partial charge in [-0.2, -0.15) is 0 Å². The first-order valence-corrected chi connectivity index (χ1v) is 8.93. The summed E-state index contributed by atoms with van der Waals surface area (Å²) in [5, 5.41) is 1.02. The minimum absolute atomic E-state index is 0.180. The normalized spacial score (nSPS) is 21.3. The fraction of sp³-hybridized carbons (Fsp3) is 0.611. The number of hydrogen-bond acceptors (Lipinski definition) is 5. The maximum Gasteiger partial charge on any atom is 0.409 e. The van der Waals surface area contributed by atoms with Gasteiger partial charge in [-0.05, 0) is 24.8 Å². The van der Waals surface area contributed by atoms with Crippen molar-refractivity contribution in [3.8, 4) is 0 Å². The summed E-state index contributed by atoms with van der Waals surface area (Å²) in [6.45, 7) is 6.03. The van der Waals surface area contributed by atoms with Crippen LogP contribution >= 0.6 is 0 Å². The Balaban J connectivity index is 1.54. The van der Waals surface area contributed by atoms with Gasteiger partial charge in [-0.25, -0.2) is 14.8 Å². The summed E-state index contributed by atoms with van der Waals surface area (Å²) in [6, 6.07) is 2.26. The van der Waals surface area contributed by atoms with Crippen molar-refractivity contribution in [2.75, 3.05) is 31.6 Å². The SMILES string of the molecule is CC(C)COC(=O)N1CC(N(C)c2ncnc3[nH]ccc23)C2(CC2)C1. The van der Waals surface area contributed by atoms with Gasteiger partial charge in [0.15, 0.2) is 0 Å². The third kappa shape index (κ3) is 2.81. The van der Waals surface area contributed by atoms with E-state index in [1.807, 2.05) is 31.0 Å². The van der Waals surface area contributed by atoms with Gasteiger partial charge in [0.25, 0.3) is 0 Å². The zero-order valence-electron chi connectivity index (χ0n) is 15.0. The molecule has 134 valence electrons. The lowest BCUT2D eigenvalue weighted by atomic mass is 9.99. The lowest BCUT2D eigenvalue weighted by Crippen LogP contribution is -2.40. The van der Waals surface area contributed by atoms with Crippen LogP contribution in [0.3, 0.4) is 0 Å². The molecule has 1 saturated heterocycles. The number of aromatic amines is 1. The Morgan fingerprint density at radius 2 is 2.28 bits per heavy atom. The highest BCUT2D eigenvalue weighted by Crippen LogP contribution is 2.55. The minimum atomic E-state index is -0.189. The molecule has 2 aromatic heterocycles. The second-order valence-corrected chi connectivity index (χ2v) is 7.78. The molecule has 1 unspecified atom stereocenters. The van der Waals surface area contributed by atoms with E-state index in [1.54, 1.807) is 6.33 Å². The Hall–Kier alpha value is -2.31. The standard InChI is InChI=1S/C18H25N5O2/c1-12(2)9-25-17(24)23-8-14(18(10-23)5-6-18)22(3)16-13-4-7-19-15(13)20-11-21-16/h4,7,11-12,14H,5-6,8-10H2,1-3H3,(H,19,20,21). The maximum atomic E-state index is 12.4. The molecule has 3 heterocycles. The molecule has 25 heavy (non-hydrogen) atoms. The predicted molar refractivity (Wildman–Crippen MR) is 95.5 cm³/mol. The lowest BCUT2D eigenvalue weighted by Gasteiger charge is -2.30. The number of carbonyl (C=O) groups is 1. The number of carbonyl (C=O) groups excluding carboxylic acids is 1. The van der Waals surface area contributed by atoms with Gasteiger partial charge in [0.2, 0.25) is 0 Å². The van der Waals surface area contributed by atoms with Crippen molar-refractivity contribution in [3.05, 3.63) is 18.6 Å². The summed E-state index contributed by atoms with van der Waals surface area (Å²) < 4.78 is 5.44. The molecule has 7 nitrogen and oxygen atoms in total. The first-order valence-electron chi connectivity index (χ1n) is 8.93. The van der Waals surface area contributed by atoms with Crippen LogP contribution in [0.5, 0.6) is 0 Å². The van der Waals surface area contributed by atoms with E-state index in [1.165, 1.54) is 0 Å². The van der Waals surface area contributed by atoms with Crippen LogP contribution in [0.1, 0.15) is 26.7 Å². The number of amides is 1. The number of nitrogens with one attached hydrogen (secondary N) is 1. The summed E-state index contributed by atoms with van der Waals surface area (Å²) in [5.41, 5.74) is 1.02. The van der Waals surface area contributed by atoms with Gasteiger partial charge in [-0.15, -0.1) is 0 Å². The van der Waals surface area contributed by atoms with Crippen molar-refractivity contribution in [2.24, 2.45) is 11.3 Å². The second kappa shape index (κ2) is 5.89. The van der Waals surface area contributed by atoms with Crippen LogP contribution in [-0.4, -0.2) is 58.7 Å². The van der Waals surface area contributed by atoms with Crippen LogP contribution in [0.25, 0.3) is 11.0 Å². The molecule has 1 aliphatic heterocycles. The smallest absolute Gasteiger partial charge is 0.409 e. The molecular weight excluding hydrogens is 318 g/mol. The molecule has 1 amide bonds. The highest BCUT2D eigenvalue weighted by Gasteiger charge is 2.58. The van der Waals surface area contributed by atoms with Crippen molar-refractivity contribution in [2.45, 2.75) is 32.7 Å². The molecule has 1 saturated carbocycles. The van der Waals surface area contributed by atoms with E-state index >= 15 is 0 Å². The average Bonchev–Trinajstić information content (AvgIpc) is 3.04. The number of H-pyrrole nitrogens is 1. The Morgan fingerprint density at radius 3 is 3.00 bits per heavy atom. The van der Waals surface area contributed by atoms with Crippen molar-refractivity contribution in [1.29, 1.82) is 0 Å². The summed E-state index contributed by atoms with van der Waals surface area (Å²) >= 11 is 0. The summed E-state index contributed by atoms with van der Waals surface area (Å²) in [6.07, 6.45) is 5.58. The van der Waals surface area contributed by atoms with Gasteiger partial charge in [0, 0.05) is 31.7 Å². The molecule has 0 bridgehead atoms. The quantitative estimate of drug-likeness (QED) is 0.924. The van der Waals surface area contributed by atoms with E-state index in [9.17, 15) is 4.79 Å². The Labute approximate surface area is 147 Å². The number of nitrogens with zero attached hydrogens (tertiary/aromatic N) is 4. The predicted octanol–water partition coefficient (Wildman–Crippen LogP) is 2.65. The number of aromatic nitrogens is 3. The third-order valence-electron chi connectivity index (χ3n) is 5.43. The number of hydrogen-bond donors (Lipinski definition) is 1. The van der Waals surface area contributed by atoms with Gasteiger partial charge in [0.1, 0.15) is 17.8 Å². The minimum Gasteiger partial charge on any atom is -0.449 e. The van der Waals surface area contributed by atoms with Crippen molar-refractivity contribution in [1.82, 2.24) is 19.9 Å². The van der Waals surface area contributed by atoms with E-state index in [2.05, 4.69) is 26.9 Å². The van der Waals surface area contributed by atoms with Crippen LogP contribution < -0.4 is 4.90 Å². The number of likely N-dealkylation sites (N-methyl/N-ethyl adjacent to an activating group) is 1. The molecule has 1 spiro atoms. The molecule has 4 rings (SSSR count). The average molecular weight is 343 g/mol. The van der Waals surface area contributed by atoms with E-state index in [0.717, 1.165) is 36.2 Å². The largest absolute Gasteiger partial charge is 0.449 e. The number of likely N-dealkylation sites (tertiary alicyclic amines) is 1. The second-order valence-electron chi connectivity index (χ2n) is 7.78. The molecule has 7 heteroatoms. The Kier molecular flexibility index (Phi) is 3.81. The summed E-state index contributed by atoms with van der Waals surface area (Å²) in [4.78, 5) is 28.4. The highest BCUT2D eigenvalue weighted by atomic mass is 16.6. The fourth-order valence-electron chi connectivity index (χ4n) is 3.89. The molecule has 0 aromatic carbocycles. The molecule has 1 N–H and O–H groups in total. The Morgan fingerprint density at radius 1 is 1.48 bits per heavy atom. The van der Waals surface area contributed by atoms with E-state index < -0.39 is 0 Å². The zero-order valence-corrected chi connectivity index (χ0v) is 15.0. The highest BCUT2D eigenvalue weighted by molar-refractivity contribution is 5.87. The molecular formula is C18H25N5O2. The van der Waals surface area contributed by atoms with Crippen LogP contribution in [0.15, 0.2) is 18.6 Å². The molecule has 2 fully saturated rings. The van der Waals surface area contributed by atoms with Gasteiger partial charge in [-0.3, -0.25) is 0 Å². The van der Waals surface area contributed by atoms with Crippen LogP contribution in [-0.2, 0) is 4.74 Å².